The van der Waals surface area contributed by atoms with Crippen molar-refractivity contribution in [2.75, 3.05) is 0 Å². The molecule has 0 saturated heterocycles. The van der Waals surface area contributed by atoms with Crippen molar-refractivity contribution in [1.82, 2.24) is 0 Å². The molecule has 4 aromatic rings. The van der Waals surface area contributed by atoms with Crippen LogP contribution in [0, 0.1) is 0 Å². The number of thiophene rings is 1. The van der Waals surface area contributed by atoms with Crippen molar-refractivity contribution >= 4 is 48.0 Å². The molecule has 1 aromatic heterocycles. The van der Waals surface area contributed by atoms with Gasteiger partial charge in [-0.3, -0.25) is 14.4 Å². The topological polar surface area (TPSA) is 51.2 Å². The Hall–Kier alpha value is -3.11. The molecule has 3 aromatic carbocycles. The molecule has 1 heterocycles. The van der Waals surface area contributed by atoms with Crippen LogP contribution in [0.15, 0.2) is 60.7 Å². The molecule has 138 valence electrons. The van der Waals surface area contributed by atoms with E-state index in [0.29, 0.717) is 16.7 Å². The van der Waals surface area contributed by atoms with Crippen LogP contribution in [0.4, 0.5) is 0 Å². The van der Waals surface area contributed by atoms with Crippen molar-refractivity contribution in [3.8, 4) is 4.90 Å². The summed E-state index contributed by atoms with van der Waals surface area (Å²) >= 11 is 0. The van der Waals surface area contributed by atoms with Crippen molar-refractivity contribution in [3.05, 3.63) is 77.4 Å². The van der Waals surface area contributed by atoms with Gasteiger partial charge < -0.3 is 0 Å². The highest BCUT2D eigenvalue weighted by atomic mass is 32.2. The molecule has 28 heavy (non-hydrogen) atoms. The summed E-state index contributed by atoms with van der Waals surface area (Å²) in [6.07, 6.45) is 0. The van der Waals surface area contributed by atoms with Crippen LogP contribution in [0.3, 0.4) is 0 Å². The summed E-state index contributed by atoms with van der Waals surface area (Å²) in [5, 5.41) is 2.01. The minimum absolute atomic E-state index is 0.0182. The molecule has 0 saturated carbocycles. The molecule has 0 aliphatic heterocycles. The molecule has 0 amide bonds. The van der Waals surface area contributed by atoms with E-state index in [9.17, 15) is 14.4 Å². The van der Waals surface area contributed by atoms with Crippen LogP contribution in [0.2, 0.25) is 0 Å². The summed E-state index contributed by atoms with van der Waals surface area (Å²) < 4.78 is 2.27. The highest BCUT2D eigenvalue weighted by Gasteiger charge is 2.25. The van der Waals surface area contributed by atoms with E-state index in [2.05, 4.69) is 0 Å². The number of ketones is 3. The highest BCUT2D eigenvalue weighted by molar-refractivity contribution is 7.50. The molecule has 3 nitrogen and oxygen atoms in total. The summed E-state index contributed by atoms with van der Waals surface area (Å²) in [6, 6.07) is 19.3. The average molecular weight is 387 g/mol. The minimum Gasteiger partial charge on any atom is -0.295 e. The first kappa shape index (κ1) is 18.3. The lowest BCUT2D eigenvalue weighted by Crippen LogP contribution is -1.91. The van der Waals surface area contributed by atoms with Crippen molar-refractivity contribution < 1.29 is 14.4 Å². The van der Waals surface area contributed by atoms with Crippen LogP contribution in [-0.4, -0.2) is 17.3 Å². The maximum absolute atomic E-state index is 11.9. The van der Waals surface area contributed by atoms with E-state index in [4.69, 9.17) is 0 Å². The van der Waals surface area contributed by atoms with Gasteiger partial charge in [-0.05, 0) is 81.4 Å². The average Bonchev–Trinajstić information content (AvgIpc) is 3.00. The third kappa shape index (κ3) is 2.96. The molecule has 0 fully saturated rings. The fourth-order valence-corrected chi connectivity index (χ4v) is 5.81. The van der Waals surface area contributed by atoms with Crippen LogP contribution in [0.25, 0.3) is 25.1 Å². The number of rotatable bonds is 4. The quantitative estimate of drug-likeness (QED) is 0.303. The first-order valence-electron chi connectivity index (χ1n) is 9.02. The zero-order chi connectivity index (χ0) is 20.0. The number of Topliss-reactive ketones (excluding diaryl/α,β-unsaturated/α-hetero) is 3. The van der Waals surface area contributed by atoms with E-state index in [0.717, 1.165) is 25.1 Å². The summed E-state index contributed by atoms with van der Waals surface area (Å²) in [7, 11) is -0.339. The number of carbonyl (C=O) groups is 3. The maximum atomic E-state index is 11.9. The summed E-state index contributed by atoms with van der Waals surface area (Å²) in [5.41, 5.74) is 2.01. The van der Waals surface area contributed by atoms with E-state index in [-0.39, 0.29) is 27.8 Å². The second-order valence-electron chi connectivity index (χ2n) is 6.92. The van der Waals surface area contributed by atoms with Gasteiger partial charge >= 0.3 is 0 Å². The number of fused-ring (bicyclic) bond motifs is 3. The van der Waals surface area contributed by atoms with Crippen LogP contribution in [0.1, 0.15) is 51.8 Å². The standard InChI is InChI=1S/C24H19O3S/c1-14(25)17-4-8-20(9-5-17)28-23-10-6-18(15(2)26)12-21(23)22-13-19(16(3)27)7-11-24(22)28/h4-13H,1-3H3/q+1. The number of hydrogen-bond donors (Lipinski definition) is 0. The van der Waals surface area contributed by atoms with Gasteiger partial charge in [-0.25, -0.2) is 0 Å². The summed E-state index contributed by atoms with van der Waals surface area (Å²) in [4.78, 5) is 36.5. The summed E-state index contributed by atoms with van der Waals surface area (Å²) in [6.45, 7) is 4.68. The van der Waals surface area contributed by atoms with Crippen LogP contribution >= 0.6 is 10.5 Å². The lowest BCUT2D eigenvalue weighted by atomic mass is 10.0. The predicted octanol–water partition coefficient (Wildman–Crippen LogP) is 6.34. The van der Waals surface area contributed by atoms with Gasteiger partial charge in [0, 0.05) is 37.9 Å². The molecule has 0 spiro atoms. The fraction of sp³-hybridized carbons (Fsp3) is 0.125. The molecule has 0 aliphatic carbocycles. The highest BCUT2D eigenvalue weighted by Crippen LogP contribution is 2.48. The third-order valence-corrected chi connectivity index (χ3v) is 7.33. The molecule has 0 unspecified atom stereocenters. The van der Waals surface area contributed by atoms with Crippen molar-refractivity contribution in [2.24, 2.45) is 0 Å². The second kappa shape index (κ2) is 6.80. The van der Waals surface area contributed by atoms with Crippen molar-refractivity contribution in [2.45, 2.75) is 20.8 Å². The lowest BCUT2D eigenvalue weighted by Gasteiger charge is -1.97. The van der Waals surface area contributed by atoms with E-state index >= 15 is 0 Å². The van der Waals surface area contributed by atoms with E-state index in [1.54, 1.807) is 20.8 Å². The Kier molecular flexibility index (Phi) is 4.44. The molecule has 0 aliphatic rings. The Bertz CT molecular complexity index is 1210. The first-order valence-corrected chi connectivity index (χ1v) is 10.2. The Balaban J connectivity index is 2.07. The van der Waals surface area contributed by atoms with Crippen LogP contribution < -0.4 is 0 Å². The molecular weight excluding hydrogens is 368 g/mol. The largest absolute Gasteiger partial charge is 0.295 e. The Morgan fingerprint density at radius 3 is 1.36 bits per heavy atom. The van der Waals surface area contributed by atoms with E-state index < -0.39 is 0 Å². The van der Waals surface area contributed by atoms with Gasteiger partial charge in [0.1, 0.15) is 0 Å². The van der Waals surface area contributed by atoms with E-state index in [1.165, 1.54) is 0 Å². The molecule has 4 rings (SSSR count). The normalized spacial score (nSPS) is 11.1. The van der Waals surface area contributed by atoms with Gasteiger partial charge in [0.25, 0.3) is 0 Å². The molecular formula is C24H19O3S+. The fourth-order valence-electron chi connectivity index (χ4n) is 3.47. The third-order valence-electron chi connectivity index (χ3n) is 5.00. The molecule has 0 atom stereocenters. The minimum atomic E-state index is -0.339. The molecule has 4 heteroatoms. The molecule has 0 N–H and O–H groups in total. The van der Waals surface area contributed by atoms with Gasteiger partial charge in [0.15, 0.2) is 31.6 Å². The zero-order valence-corrected chi connectivity index (χ0v) is 16.7. The maximum Gasteiger partial charge on any atom is 0.187 e. The van der Waals surface area contributed by atoms with Gasteiger partial charge in [-0.2, -0.15) is 0 Å². The smallest absolute Gasteiger partial charge is 0.187 e. The Morgan fingerprint density at radius 2 is 0.964 bits per heavy atom. The predicted molar refractivity (Wildman–Crippen MR) is 115 cm³/mol. The number of hydrogen-bond acceptors (Lipinski definition) is 3. The van der Waals surface area contributed by atoms with Crippen LogP contribution in [-0.2, 0) is 0 Å². The van der Waals surface area contributed by atoms with Gasteiger partial charge in [0.2, 0.25) is 0 Å². The first-order chi connectivity index (χ1) is 13.4. The molecule has 0 radical (unpaired) electrons. The zero-order valence-electron chi connectivity index (χ0n) is 15.9. The van der Waals surface area contributed by atoms with Gasteiger partial charge in [0.05, 0.1) is 0 Å². The monoisotopic (exact) mass is 387 g/mol. The van der Waals surface area contributed by atoms with Gasteiger partial charge in [-0.15, -0.1) is 0 Å². The summed E-state index contributed by atoms with van der Waals surface area (Å²) in [5.74, 6) is 0.0774. The van der Waals surface area contributed by atoms with Gasteiger partial charge in [-0.1, -0.05) is 0 Å². The van der Waals surface area contributed by atoms with Crippen LogP contribution in [0.5, 0.6) is 0 Å². The SMILES string of the molecule is CC(=O)c1ccc(-[s+]2c3ccc(C(C)=O)cc3c3cc(C(C)=O)ccc32)cc1. The van der Waals surface area contributed by atoms with Crippen molar-refractivity contribution in [1.29, 1.82) is 0 Å². The van der Waals surface area contributed by atoms with E-state index in [1.807, 2.05) is 60.7 Å². The Labute approximate surface area is 165 Å². The second-order valence-corrected chi connectivity index (χ2v) is 8.88. The van der Waals surface area contributed by atoms with Crippen molar-refractivity contribution in [3.63, 3.8) is 0 Å². The lowest BCUT2D eigenvalue weighted by molar-refractivity contribution is 0.100. The number of benzene rings is 3. The number of carbonyl (C=O) groups excluding carboxylic acids is 3. The Morgan fingerprint density at radius 1 is 0.571 bits per heavy atom. The molecule has 0 bridgehead atoms.